The molecule has 1 aliphatic heterocycles. The molecule has 9 heteroatoms. The fourth-order valence-electron chi connectivity index (χ4n) is 3.76. The third-order valence-corrected chi connectivity index (χ3v) is 7.24. The van der Waals surface area contributed by atoms with E-state index in [9.17, 15) is 9.59 Å². The fourth-order valence-corrected chi connectivity index (χ4v) is 5.56. The van der Waals surface area contributed by atoms with Crippen molar-refractivity contribution >= 4 is 43.9 Å². The van der Waals surface area contributed by atoms with Crippen molar-refractivity contribution in [2.45, 2.75) is 39.2 Å². The molecule has 0 bridgehead atoms. The number of aromatic nitrogens is 4. The predicted molar refractivity (Wildman–Crippen MR) is 119 cm³/mol. The topological polar surface area (TPSA) is 89.8 Å². The highest BCUT2D eigenvalue weighted by Crippen LogP contribution is 2.30. The summed E-state index contributed by atoms with van der Waals surface area (Å²) in [5.74, 6) is 0.571. The summed E-state index contributed by atoms with van der Waals surface area (Å²) in [6, 6.07) is 3.77. The quantitative estimate of drug-likeness (QED) is 0.517. The van der Waals surface area contributed by atoms with Gasteiger partial charge >= 0.3 is 0 Å². The van der Waals surface area contributed by atoms with E-state index in [4.69, 9.17) is 4.98 Å². The molecule has 152 valence electrons. The Balaban J connectivity index is 1.47. The van der Waals surface area contributed by atoms with Crippen molar-refractivity contribution in [3.63, 3.8) is 0 Å². The normalized spacial score (nSPS) is 13.8. The summed E-state index contributed by atoms with van der Waals surface area (Å²) in [5.41, 5.74) is 2.32. The van der Waals surface area contributed by atoms with Crippen molar-refractivity contribution in [1.29, 1.82) is 0 Å². The second-order valence-corrected chi connectivity index (χ2v) is 9.12. The van der Waals surface area contributed by atoms with Crippen molar-refractivity contribution in [3.8, 4) is 11.3 Å². The maximum absolute atomic E-state index is 13.1. The summed E-state index contributed by atoms with van der Waals surface area (Å²) in [4.78, 5) is 40.5. The number of hydrogen-bond acceptors (Lipinski definition) is 7. The van der Waals surface area contributed by atoms with Crippen LogP contribution in [0, 0.1) is 6.92 Å². The minimum absolute atomic E-state index is 0.0298. The molecule has 5 rings (SSSR count). The summed E-state index contributed by atoms with van der Waals surface area (Å²) in [5, 5.41) is 5.83. The lowest BCUT2D eigenvalue weighted by atomic mass is 10.2. The van der Waals surface area contributed by atoms with Gasteiger partial charge in [0.2, 0.25) is 0 Å². The molecule has 0 aliphatic carbocycles. The lowest BCUT2D eigenvalue weighted by Crippen LogP contribution is -2.24. The average Bonchev–Trinajstić information content (AvgIpc) is 3.26. The van der Waals surface area contributed by atoms with Gasteiger partial charge in [-0.05, 0) is 37.5 Å². The number of pyridine rings is 1. The minimum Gasteiger partial charge on any atom is -0.297 e. The Hall–Kier alpha value is -2.91. The first-order valence-electron chi connectivity index (χ1n) is 9.82. The number of amides is 1. The minimum atomic E-state index is -0.262. The molecule has 1 N–H and O–H groups in total. The number of thiazole rings is 1. The number of nitrogens with one attached hydrogen (secondary N) is 1. The van der Waals surface area contributed by atoms with Crippen LogP contribution < -0.4 is 10.9 Å². The number of carbonyl (C=O) groups excluding carboxylic acids is 1. The van der Waals surface area contributed by atoms with E-state index in [1.54, 1.807) is 17.0 Å². The smallest absolute Gasteiger partial charge is 0.267 e. The fraction of sp³-hybridized carbons (Fsp3) is 0.286. The lowest BCUT2D eigenvalue weighted by molar-refractivity contribution is 0.103. The number of hydrogen-bond donors (Lipinski definition) is 1. The van der Waals surface area contributed by atoms with E-state index in [0.717, 1.165) is 42.8 Å². The second kappa shape index (κ2) is 7.73. The van der Waals surface area contributed by atoms with Crippen LogP contribution in [0.3, 0.4) is 0 Å². The van der Waals surface area contributed by atoms with Crippen LogP contribution in [0.5, 0.6) is 0 Å². The number of rotatable bonds is 3. The number of carbonyl (C=O) groups is 1. The van der Waals surface area contributed by atoms with E-state index >= 15 is 0 Å². The van der Waals surface area contributed by atoms with Gasteiger partial charge in [-0.2, -0.15) is 0 Å². The molecule has 1 aliphatic rings. The van der Waals surface area contributed by atoms with Gasteiger partial charge in [0.05, 0.1) is 16.0 Å². The summed E-state index contributed by atoms with van der Waals surface area (Å²) in [6.45, 7) is 2.52. The molecule has 0 atom stereocenters. The van der Waals surface area contributed by atoms with Gasteiger partial charge in [0, 0.05) is 36.3 Å². The molecule has 1 amide bonds. The van der Waals surface area contributed by atoms with E-state index in [2.05, 4.69) is 15.3 Å². The van der Waals surface area contributed by atoms with Gasteiger partial charge in [0.1, 0.15) is 10.7 Å². The summed E-state index contributed by atoms with van der Waals surface area (Å²) in [6.07, 6.45) is 7.38. The van der Waals surface area contributed by atoms with Crippen LogP contribution in [0.2, 0.25) is 0 Å². The van der Waals surface area contributed by atoms with Gasteiger partial charge in [0.25, 0.3) is 11.5 Å². The van der Waals surface area contributed by atoms with Crippen molar-refractivity contribution in [3.05, 3.63) is 56.5 Å². The summed E-state index contributed by atoms with van der Waals surface area (Å²) >= 11 is 2.64. The molecule has 30 heavy (non-hydrogen) atoms. The van der Waals surface area contributed by atoms with Crippen LogP contribution in [0.25, 0.3) is 21.5 Å². The Kier molecular flexibility index (Phi) is 4.92. The highest BCUT2D eigenvalue weighted by Gasteiger charge is 2.23. The molecule has 0 saturated heterocycles. The lowest BCUT2D eigenvalue weighted by Gasteiger charge is -2.08. The van der Waals surface area contributed by atoms with Crippen molar-refractivity contribution < 1.29 is 4.79 Å². The van der Waals surface area contributed by atoms with Gasteiger partial charge in [-0.1, -0.05) is 6.42 Å². The van der Waals surface area contributed by atoms with Gasteiger partial charge in [0.15, 0.2) is 5.13 Å². The highest BCUT2D eigenvalue weighted by molar-refractivity contribution is 7.21. The first-order chi connectivity index (χ1) is 14.6. The molecular weight excluding hydrogens is 418 g/mol. The number of fused-ring (bicyclic) bond motifs is 2. The molecule has 0 aromatic carbocycles. The molecule has 4 aromatic heterocycles. The molecule has 4 aromatic rings. The number of thiophene rings is 1. The number of nitrogens with zero attached hydrogens (tertiary/aromatic N) is 4. The van der Waals surface area contributed by atoms with Crippen molar-refractivity contribution in [2.75, 3.05) is 5.32 Å². The van der Waals surface area contributed by atoms with Crippen LogP contribution in [0.1, 0.15) is 40.3 Å². The zero-order chi connectivity index (χ0) is 20.7. The first kappa shape index (κ1) is 19.1. The predicted octanol–water partition coefficient (Wildman–Crippen LogP) is 4.26. The van der Waals surface area contributed by atoms with E-state index in [1.165, 1.54) is 22.7 Å². The van der Waals surface area contributed by atoms with Crippen LogP contribution >= 0.6 is 22.7 Å². The van der Waals surface area contributed by atoms with E-state index in [-0.39, 0.29) is 11.5 Å². The van der Waals surface area contributed by atoms with E-state index in [1.807, 2.05) is 24.4 Å². The summed E-state index contributed by atoms with van der Waals surface area (Å²) in [7, 11) is 0. The Labute approximate surface area is 180 Å². The Morgan fingerprint density at radius 2 is 2.13 bits per heavy atom. The maximum Gasteiger partial charge on any atom is 0.267 e. The average molecular weight is 438 g/mol. The molecular formula is C21H19N5O2S2. The van der Waals surface area contributed by atoms with E-state index < -0.39 is 0 Å². The maximum atomic E-state index is 13.1. The third-order valence-electron chi connectivity index (χ3n) is 5.30. The Bertz CT molecular complexity index is 1310. The van der Waals surface area contributed by atoms with Crippen LogP contribution in [-0.2, 0) is 13.0 Å². The van der Waals surface area contributed by atoms with Crippen molar-refractivity contribution in [2.24, 2.45) is 0 Å². The van der Waals surface area contributed by atoms with Crippen LogP contribution in [-0.4, -0.2) is 25.4 Å². The second-order valence-electron chi connectivity index (χ2n) is 7.27. The van der Waals surface area contributed by atoms with Gasteiger partial charge in [-0.25, -0.2) is 9.97 Å². The molecule has 0 fully saturated rings. The Morgan fingerprint density at radius 1 is 1.23 bits per heavy atom. The largest absolute Gasteiger partial charge is 0.297 e. The molecule has 5 heterocycles. The van der Waals surface area contributed by atoms with Crippen LogP contribution in [0.4, 0.5) is 5.13 Å². The van der Waals surface area contributed by atoms with E-state index in [0.29, 0.717) is 32.3 Å². The zero-order valence-electron chi connectivity index (χ0n) is 16.3. The monoisotopic (exact) mass is 437 g/mol. The SMILES string of the molecule is Cc1c(C(=O)Nc2nc(-c3cccnc3)cs2)sc2nc3n(c(=O)c12)CCCCC3. The van der Waals surface area contributed by atoms with Gasteiger partial charge in [-0.15, -0.1) is 22.7 Å². The standard InChI is InChI=1S/C21H19N5O2S2/c1-12-16-19(24-15-7-3-2-4-9-26(15)20(16)28)30-17(12)18(27)25-21-23-14(11-29-21)13-6-5-8-22-10-13/h5-6,8,10-11H,2-4,7,9H2,1H3,(H,23,25,27). The first-order valence-corrected chi connectivity index (χ1v) is 11.5. The molecule has 0 saturated carbocycles. The number of aryl methyl sites for hydroxylation is 2. The van der Waals surface area contributed by atoms with Crippen molar-refractivity contribution in [1.82, 2.24) is 19.5 Å². The van der Waals surface area contributed by atoms with Gasteiger partial charge < -0.3 is 0 Å². The highest BCUT2D eigenvalue weighted by atomic mass is 32.1. The molecule has 7 nitrogen and oxygen atoms in total. The Morgan fingerprint density at radius 3 is 2.97 bits per heavy atom. The molecule has 0 spiro atoms. The van der Waals surface area contributed by atoms with Gasteiger partial charge in [-0.3, -0.25) is 24.5 Å². The van der Waals surface area contributed by atoms with Crippen LogP contribution in [0.15, 0.2) is 34.7 Å². The molecule has 0 unspecified atom stereocenters. The molecule has 0 radical (unpaired) electrons. The number of anilines is 1. The third kappa shape index (κ3) is 3.33. The zero-order valence-corrected chi connectivity index (χ0v) is 18.0. The summed E-state index contributed by atoms with van der Waals surface area (Å²) < 4.78 is 1.79.